The molecule has 0 radical (unpaired) electrons. The van der Waals surface area contributed by atoms with E-state index in [9.17, 15) is 4.79 Å². The second kappa shape index (κ2) is 7.82. The van der Waals surface area contributed by atoms with Gasteiger partial charge >= 0.3 is 5.97 Å². The highest BCUT2D eigenvalue weighted by molar-refractivity contribution is 14.1. The highest BCUT2D eigenvalue weighted by Gasteiger charge is 2.24. The van der Waals surface area contributed by atoms with E-state index in [0.717, 1.165) is 27.8 Å². The molecule has 4 nitrogen and oxygen atoms in total. The molecule has 1 aliphatic rings. The average molecular weight is 446 g/mol. The lowest BCUT2D eigenvalue weighted by atomic mass is 10.1. The zero-order chi connectivity index (χ0) is 17.8. The number of cyclic esters (lactones) is 1. The predicted molar refractivity (Wildman–Crippen MR) is 110 cm³/mol. The van der Waals surface area contributed by atoms with Crippen LogP contribution in [-0.4, -0.2) is 25.0 Å². The molecule has 0 amide bonds. The van der Waals surface area contributed by atoms with E-state index in [-0.39, 0.29) is 0 Å². The minimum Gasteiger partial charge on any atom is -0.402 e. The summed E-state index contributed by atoms with van der Waals surface area (Å²) in [5, 5.41) is 0. The SMILES string of the molecule is CCN(CC)c1ccc(/C=C2\N=C(c3ccc(I)cc3)OC2=O)cc1. The van der Waals surface area contributed by atoms with Gasteiger partial charge in [0.1, 0.15) is 0 Å². The van der Waals surface area contributed by atoms with Gasteiger partial charge in [0.05, 0.1) is 0 Å². The summed E-state index contributed by atoms with van der Waals surface area (Å²) in [4.78, 5) is 18.7. The van der Waals surface area contributed by atoms with Crippen molar-refractivity contribution in [2.75, 3.05) is 18.0 Å². The third-order valence-corrected chi connectivity index (χ3v) is 4.76. The number of halogens is 1. The molecule has 0 saturated carbocycles. The number of esters is 1. The van der Waals surface area contributed by atoms with Gasteiger partial charge in [0.25, 0.3) is 0 Å². The molecule has 3 rings (SSSR count). The summed E-state index contributed by atoms with van der Waals surface area (Å²) in [6.45, 7) is 6.20. The van der Waals surface area contributed by atoms with Crippen molar-refractivity contribution in [2.24, 2.45) is 4.99 Å². The molecule has 0 N–H and O–H groups in total. The average Bonchev–Trinajstić information content (AvgIpc) is 2.99. The molecule has 0 bridgehead atoms. The number of hydrogen-bond acceptors (Lipinski definition) is 4. The largest absolute Gasteiger partial charge is 0.402 e. The van der Waals surface area contributed by atoms with Gasteiger partial charge in [-0.25, -0.2) is 9.79 Å². The monoisotopic (exact) mass is 446 g/mol. The first-order chi connectivity index (χ1) is 12.1. The van der Waals surface area contributed by atoms with Gasteiger partial charge in [-0.3, -0.25) is 0 Å². The second-order valence-electron chi connectivity index (χ2n) is 5.61. The van der Waals surface area contributed by atoms with Crippen LogP contribution in [0, 0.1) is 3.57 Å². The maximum atomic E-state index is 12.1. The van der Waals surface area contributed by atoms with Crippen molar-refractivity contribution in [3.63, 3.8) is 0 Å². The Balaban J connectivity index is 1.83. The Morgan fingerprint density at radius 3 is 2.28 bits per heavy atom. The van der Waals surface area contributed by atoms with Gasteiger partial charge in [-0.2, -0.15) is 0 Å². The maximum absolute atomic E-state index is 12.1. The second-order valence-corrected chi connectivity index (χ2v) is 6.85. The Morgan fingerprint density at radius 2 is 1.68 bits per heavy atom. The van der Waals surface area contributed by atoms with Crippen molar-refractivity contribution >= 4 is 46.2 Å². The standard InChI is InChI=1S/C20H19IN2O2/c1-3-23(4-2)17-11-5-14(6-12-17)13-18-20(24)25-19(22-18)15-7-9-16(21)10-8-15/h5-13H,3-4H2,1-2H3/b18-13-. The lowest BCUT2D eigenvalue weighted by Gasteiger charge is -2.20. The van der Waals surface area contributed by atoms with Crippen LogP contribution in [0.1, 0.15) is 25.0 Å². The van der Waals surface area contributed by atoms with E-state index in [1.54, 1.807) is 6.08 Å². The lowest BCUT2D eigenvalue weighted by Crippen LogP contribution is -2.21. The Labute approximate surface area is 161 Å². The van der Waals surface area contributed by atoms with Crippen LogP contribution in [0.15, 0.2) is 59.2 Å². The third kappa shape index (κ3) is 4.10. The van der Waals surface area contributed by atoms with Crippen molar-refractivity contribution in [1.29, 1.82) is 0 Å². The Bertz CT molecular complexity index is 820. The van der Waals surface area contributed by atoms with E-state index in [1.807, 2.05) is 36.4 Å². The van der Waals surface area contributed by atoms with Crippen LogP contribution in [0.5, 0.6) is 0 Å². The van der Waals surface area contributed by atoms with Crippen LogP contribution in [-0.2, 0) is 9.53 Å². The molecular weight excluding hydrogens is 427 g/mol. The van der Waals surface area contributed by atoms with Gasteiger partial charge in [-0.05, 0) is 84.5 Å². The molecule has 0 aromatic heterocycles. The molecule has 0 unspecified atom stereocenters. The Morgan fingerprint density at radius 1 is 1.04 bits per heavy atom. The number of aliphatic imine (C=N–C) groups is 1. The molecule has 1 aliphatic heterocycles. The number of ether oxygens (including phenoxy) is 1. The van der Waals surface area contributed by atoms with Crippen LogP contribution in [0.4, 0.5) is 5.69 Å². The molecule has 2 aromatic carbocycles. The predicted octanol–water partition coefficient (Wildman–Crippen LogP) is 4.48. The summed E-state index contributed by atoms with van der Waals surface area (Å²) < 4.78 is 6.42. The summed E-state index contributed by atoms with van der Waals surface area (Å²) in [7, 11) is 0. The number of benzene rings is 2. The first-order valence-electron chi connectivity index (χ1n) is 8.24. The lowest BCUT2D eigenvalue weighted by molar-refractivity contribution is -0.129. The Hall–Kier alpha value is -2.15. The summed E-state index contributed by atoms with van der Waals surface area (Å²) in [6.07, 6.45) is 1.76. The van der Waals surface area contributed by atoms with Crippen molar-refractivity contribution in [3.05, 3.63) is 68.9 Å². The number of carbonyl (C=O) groups excluding carboxylic acids is 1. The summed E-state index contributed by atoms with van der Waals surface area (Å²) in [6, 6.07) is 15.8. The molecule has 5 heteroatoms. The molecule has 2 aromatic rings. The maximum Gasteiger partial charge on any atom is 0.363 e. The van der Waals surface area contributed by atoms with Gasteiger partial charge in [-0.15, -0.1) is 0 Å². The van der Waals surface area contributed by atoms with Gasteiger partial charge in [0, 0.05) is 27.9 Å². The summed E-state index contributed by atoms with van der Waals surface area (Å²) in [5.74, 6) is -0.0613. The molecule has 128 valence electrons. The molecule has 0 aliphatic carbocycles. The smallest absolute Gasteiger partial charge is 0.363 e. The van der Waals surface area contributed by atoms with Gasteiger partial charge in [0.2, 0.25) is 5.90 Å². The fraction of sp³-hybridized carbons (Fsp3) is 0.200. The topological polar surface area (TPSA) is 41.9 Å². The molecular formula is C20H19IN2O2. The minimum absolute atomic E-state index is 0.323. The highest BCUT2D eigenvalue weighted by atomic mass is 127. The zero-order valence-corrected chi connectivity index (χ0v) is 16.4. The van der Waals surface area contributed by atoms with Crippen molar-refractivity contribution in [2.45, 2.75) is 13.8 Å². The molecule has 0 saturated heterocycles. The van der Waals surface area contributed by atoms with E-state index in [2.05, 4.69) is 58.5 Å². The number of anilines is 1. The van der Waals surface area contributed by atoms with Crippen LogP contribution < -0.4 is 4.90 Å². The molecule has 1 heterocycles. The quantitative estimate of drug-likeness (QED) is 0.387. The van der Waals surface area contributed by atoms with E-state index < -0.39 is 5.97 Å². The first kappa shape index (κ1) is 17.7. The molecule has 0 fully saturated rings. The fourth-order valence-electron chi connectivity index (χ4n) is 2.65. The third-order valence-electron chi connectivity index (χ3n) is 4.04. The van der Waals surface area contributed by atoms with Gasteiger partial charge < -0.3 is 9.64 Å². The number of rotatable bonds is 5. The van der Waals surface area contributed by atoms with Gasteiger partial charge in [0.15, 0.2) is 5.70 Å². The van der Waals surface area contributed by atoms with Crippen LogP contribution in [0.2, 0.25) is 0 Å². The summed E-state index contributed by atoms with van der Waals surface area (Å²) in [5.41, 5.74) is 3.22. The van der Waals surface area contributed by atoms with Gasteiger partial charge in [-0.1, -0.05) is 12.1 Å². The van der Waals surface area contributed by atoms with E-state index in [1.165, 1.54) is 5.69 Å². The zero-order valence-electron chi connectivity index (χ0n) is 14.2. The normalized spacial score (nSPS) is 15.2. The minimum atomic E-state index is -0.415. The fourth-order valence-corrected chi connectivity index (χ4v) is 3.01. The van der Waals surface area contributed by atoms with E-state index in [0.29, 0.717) is 11.6 Å². The Kier molecular flexibility index (Phi) is 5.53. The molecule has 0 spiro atoms. The number of carbonyl (C=O) groups is 1. The number of nitrogens with zero attached hydrogens (tertiary/aromatic N) is 2. The van der Waals surface area contributed by atoms with Crippen LogP contribution in [0.25, 0.3) is 6.08 Å². The molecule has 25 heavy (non-hydrogen) atoms. The van der Waals surface area contributed by atoms with Crippen LogP contribution in [0.3, 0.4) is 0 Å². The van der Waals surface area contributed by atoms with Crippen LogP contribution >= 0.6 is 22.6 Å². The van der Waals surface area contributed by atoms with E-state index >= 15 is 0 Å². The number of hydrogen-bond donors (Lipinski definition) is 0. The van der Waals surface area contributed by atoms with E-state index in [4.69, 9.17) is 4.74 Å². The summed E-state index contributed by atoms with van der Waals surface area (Å²) >= 11 is 2.23. The highest BCUT2D eigenvalue weighted by Crippen LogP contribution is 2.21. The van der Waals surface area contributed by atoms with Crippen molar-refractivity contribution in [3.8, 4) is 0 Å². The first-order valence-corrected chi connectivity index (χ1v) is 9.32. The van der Waals surface area contributed by atoms with Crippen molar-refractivity contribution in [1.82, 2.24) is 0 Å². The van der Waals surface area contributed by atoms with Crippen molar-refractivity contribution < 1.29 is 9.53 Å². The molecule has 0 atom stereocenters.